The molecule has 0 aliphatic carbocycles. The van der Waals surface area contributed by atoms with E-state index in [1.807, 2.05) is 54.6 Å². The molecule has 4 heteroatoms. The lowest BCUT2D eigenvalue weighted by molar-refractivity contribution is -0.154. The lowest BCUT2D eigenvalue weighted by Gasteiger charge is -2.19. The van der Waals surface area contributed by atoms with Crippen molar-refractivity contribution >= 4 is 5.97 Å². The maximum Gasteiger partial charge on any atom is 0.313 e. The molecular formula is C19H22O4. The van der Waals surface area contributed by atoms with Crippen LogP contribution < -0.4 is 4.74 Å². The molecule has 2 aromatic rings. The van der Waals surface area contributed by atoms with Gasteiger partial charge in [0.15, 0.2) is 0 Å². The molecule has 0 saturated carbocycles. The molecule has 0 amide bonds. The van der Waals surface area contributed by atoms with E-state index in [1.54, 1.807) is 20.8 Å². The first-order chi connectivity index (χ1) is 11.0. The van der Waals surface area contributed by atoms with Crippen LogP contribution in [0.2, 0.25) is 0 Å². The zero-order valence-corrected chi connectivity index (χ0v) is 13.6. The number of carbonyl (C=O) groups is 1. The van der Waals surface area contributed by atoms with E-state index >= 15 is 0 Å². The maximum absolute atomic E-state index is 12.2. The number of aliphatic hydroxyl groups excluding tert-OH is 1. The van der Waals surface area contributed by atoms with Gasteiger partial charge in [0.1, 0.15) is 17.6 Å². The molecule has 0 aromatic heterocycles. The molecule has 4 nitrogen and oxygen atoms in total. The zero-order valence-electron chi connectivity index (χ0n) is 13.6. The standard InChI is InChI=1S/C19H22O4/c1-13(19(21)22-15(3)14(2)20)16-8-7-11-18(12-16)23-17-9-5-4-6-10-17/h4-15,20H,1-3H3. The number of carbonyl (C=O) groups excluding carboxylic acids is 1. The van der Waals surface area contributed by atoms with Crippen molar-refractivity contribution < 1.29 is 19.4 Å². The Labute approximate surface area is 136 Å². The van der Waals surface area contributed by atoms with Gasteiger partial charge in [0.05, 0.1) is 12.0 Å². The van der Waals surface area contributed by atoms with E-state index in [4.69, 9.17) is 9.47 Å². The van der Waals surface area contributed by atoms with Crippen molar-refractivity contribution in [2.24, 2.45) is 0 Å². The van der Waals surface area contributed by atoms with Gasteiger partial charge in [0, 0.05) is 0 Å². The quantitative estimate of drug-likeness (QED) is 0.822. The number of hydrogen-bond acceptors (Lipinski definition) is 4. The summed E-state index contributed by atoms with van der Waals surface area (Å²) >= 11 is 0. The summed E-state index contributed by atoms with van der Waals surface area (Å²) in [7, 11) is 0. The van der Waals surface area contributed by atoms with Crippen molar-refractivity contribution in [1.82, 2.24) is 0 Å². The lowest BCUT2D eigenvalue weighted by Crippen LogP contribution is -2.28. The molecule has 3 atom stereocenters. The molecule has 0 bridgehead atoms. The fourth-order valence-electron chi connectivity index (χ4n) is 1.99. The van der Waals surface area contributed by atoms with Crippen LogP contribution in [0.25, 0.3) is 0 Å². The van der Waals surface area contributed by atoms with Gasteiger partial charge in [-0.05, 0) is 50.6 Å². The summed E-state index contributed by atoms with van der Waals surface area (Å²) in [6.45, 7) is 5.04. The van der Waals surface area contributed by atoms with E-state index in [1.165, 1.54) is 0 Å². The van der Waals surface area contributed by atoms with Crippen LogP contribution in [0.4, 0.5) is 0 Å². The van der Waals surface area contributed by atoms with Gasteiger partial charge in [-0.2, -0.15) is 0 Å². The molecule has 0 radical (unpaired) electrons. The SMILES string of the molecule is CC(C(=O)OC(C)C(C)O)c1cccc(Oc2ccccc2)c1. The molecule has 0 aliphatic rings. The molecule has 1 N–H and O–H groups in total. The number of aliphatic hydroxyl groups is 1. The summed E-state index contributed by atoms with van der Waals surface area (Å²) < 4.78 is 11.0. The number of rotatable bonds is 6. The van der Waals surface area contributed by atoms with Crippen molar-refractivity contribution in [2.45, 2.75) is 38.9 Å². The number of benzene rings is 2. The second kappa shape index (κ2) is 7.79. The zero-order chi connectivity index (χ0) is 16.8. The fourth-order valence-corrected chi connectivity index (χ4v) is 1.99. The largest absolute Gasteiger partial charge is 0.459 e. The summed E-state index contributed by atoms with van der Waals surface area (Å²) in [5.74, 6) is 0.602. The summed E-state index contributed by atoms with van der Waals surface area (Å²) in [5.41, 5.74) is 0.807. The van der Waals surface area contributed by atoms with Crippen LogP contribution in [-0.2, 0) is 9.53 Å². The van der Waals surface area contributed by atoms with E-state index in [2.05, 4.69) is 0 Å². The molecule has 23 heavy (non-hydrogen) atoms. The minimum absolute atomic E-state index is 0.365. The van der Waals surface area contributed by atoms with Crippen molar-refractivity contribution in [1.29, 1.82) is 0 Å². The second-order valence-electron chi connectivity index (χ2n) is 5.59. The van der Waals surface area contributed by atoms with Crippen LogP contribution in [0.1, 0.15) is 32.3 Å². The third-order valence-electron chi connectivity index (χ3n) is 3.67. The van der Waals surface area contributed by atoms with Crippen LogP contribution in [0.15, 0.2) is 54.6 Å². The highest BCUT2D eigenvalue weighted by Crippen LogP contribution is 2.26. The summed E-state index contributed by atoms with van der Waals surface area (Å²) in [5, 5.41) is 9.43. The van der Waals surface area contributed by atoms with E-state index in [-0.39, 0.29) is 5.97 Å². The van der Waals surface area contributed by atoms with Gasteiger partial charge in [0.25, 0.3) is 0 Å². The fraction of sp³-hybridized carbons (Fsp3) is 0.316. The molecule has 3 unspecified atom stereocenters. The van der Waals surface area contributed by atoms with Crippen LogP contribution in [-0.4, -0.2) is 23.3 Å². The number of esters is 1. The van der Waals surface area contributed by atoms with Gasteiger partial charge in [-0.15, -0.1) is 0 Å². The first-order valence-electron chi connectivity index (χ1n) is 7.69. The molecule has 0 aliphatic heterocycles. The third-order valence-corrected chi connectivity index (χ3v) is 3.67. The van der Waals surface area contributed by atoms with Crippen LogP contribution in [0.5, 0.6) is 11.5 Å². The second-order valence-corrected chi connectivity index (χ2v) is 5.59. The van der Waals surface area contributed by atoms with E-state index < -0.39 is 18.1 Å². The predicted molar refractivity (Wildman–Crippen MR) is 88.6 cm³/mol. The summed E-state index contributed by atoms with van der Waals surface area (Å²) in [4.78, 5) is 12.2. The minimum Gasteiger partial charge on any atom is -0.459 e. The van der Waals surface area contributed by atoms with Crippen LogP contribution in [0, 0.1) is 0 Å². The molecule has 0 saturated heterocycles. The van der Waals surface area contributed by atoms with Crippen LogP contribution in [0.3, 0.4) is 0 Å². The number of ether oxygens (including phenoxy) is 2. The topological polar surface area (TPSA) is 55.8 Å². The van der Waals surface area contributed by atoms with Gasteiger partial charge in [0.2, 0.25) is 0 Å². The molecule has 2 aromatic carbocycles. The van der Waals surface area contributed by atoms with Gasteiger partial charge in [-0.25, -0.2) is 0 Å². The number of hydrogen-bond donors (Lipinski definition) is 1. The van der Waals surface area contributed by atoms with Gasteiger partial charge < -0.3 is 14.6 Å². The number of para-hydroxylation sites is 1. The monoisotopic (exact) mass is 314 g/mol. The van der Waals surface area contributed by atoms with E-state index in [0.717, 1.165) is 11.3 Å². The Morgan fingerprint density at radius 2 is 1.61 bits per heavy atom. The summed E-state index contributed by atoms with van der Waals surface area (Å²) in [6, 6.07) is 16.8. The average Bonchev–Trinajstić information content (AvgIpc) is 2.55. The Morgan fingerprint density at radius 3 is 2.26 bits per heavy atom. The Balaban J connectivity index is 2.08. The Kier molecular flexibility index (Phi) is 5.77. The first-order valence-corrected chi connectivity index (χ1v) is 7.69. The van der Waals surface area contributed by atoms with Crippen molar-refractivity contribution in [3.8, 4) is 11.5 Å². The molecule has 2 rings (SSSR count). The summed E-state index contributed by atoms with van der Waals surface area (Å²) in [6.07, 6.45) is -1.23. The third kappa shape index (κ3) is 4.83. The first kappa shape index (κ1) is 17.0. The van der Waals surface area contributed by atoms with E-state index in [0.29, 0.717) is 5.75 Å². The predicted octanol–water partition coefficient (Wildman–Crippen LogP) is 3.89. The van der Waals surface area contributed by atoms with Crippen molar-refractivity contribution in [2.75, 3.05) is 0 Å². The molecule has 122 valence electrons. The van der Waals surface area contributed by atoms with Crippen LogP contribution >= 0.6 is 0 Å². The maximum atomic E-state index is 12.2. The Hall–Kier alpha value is -2.33. The van der Waals surface area contributed by atoms with Gasteiger partial charge in [-0.3, -0.25) is 4.79 Å². The minimum atomic E-state index is -0.695. The lowest BCUT2D eigenvalue weighted by atomic mass is 10.0. The van der Waals surface area contributed by atoms with Gasteiger partial charge in [-0.1, -0.05) is 30.3 Å². The van der Waals surface area contributed by atoms with E-state index in [9.17, 15) is 9.90 Å². The molecule has 0 fully saturated rings. The van der Waals surface area contributed by atoms with Gasteiger partial charge >= 0.3 is 5.97 Å². The average molecular weight is 314 g/mol. The Morgan fingerprint density at radius 1 is 0.957 bits per heavy atom. The normalized spacial score (nSPS) is 14.6. The highest BCUT2D eigenvalue weighted by molar-refractivity contribution is 5.78. The highest BCUT2D eigenvalue weighted by Gasteiger charge is 2.21. The Bertz CT molecular complexity index is 637. The van der Waals surface area contributed by atoms with Crippen molar-refractivity contribution in [3.63, 3.8) is 0 Å². The smallest absolute Gasteiger partial charge is 0.313 e. The molecule has 0 spiro atoms. The molecule has 0 heterocycles. The highest BCUT2D eigenvalue weighted by atomic mass is 16.6. The van der Waals surface area contributed by atoms with Crippen molar-refractivity contribution in [3.05, 3.63) is 60.2 Å². The molecular weight excluding hydrogens is 292 g/mol.